The van der Waals surface area contributed by atoms with Gasteiger partial charge in [-0.2, -0.15) is 13.2 Å². The van der Waals surface area contributed by atoms with Crippen molar-refractivity contribution in [2.45, 2.75) is 26.1 Å². The summed E-state index contributed by atoms with van der Waals surface area (Å²) in [6, 6.07) is 0. The Balaban J connectivity index is 3.20. The van der Waals surface area contributed by atoms with Crippen LogP contribution in [0.4, 0.5) is 22.0 Å². The maximum Gasteiger partial charge on any atom is 0.435 e. The summed E-state index contributed by atoms with van der Waals surface area (Å²) in [6.45, 7) is -0.0895. The van der Waals surface area contributed by atoms with Crippen molar-refractivity contribution in [3.8, 4) is 0 Å². The molecular formula is C8H8F5N3O2. The maximum absolute atomic E-state index is 12.6. The molecule has 0 saturated heterocycles. The highest BCUT2D eigenvalue weighted by Crippen LogP contribution is 2.31. The van der Waals surface area contributed by atoms with E-state index in [0.29, 0.717) is 0 Å². The molecule has 0 aliphatic heterocycles. The van der Waals surface area contributed by atoms with Crippen molar-refractivity contribution in [3.63, 3.8) is 0 Å². The summed E-state index contributed by atoms with van der Waals surface area (Å²) in [7, 11) is 0. The van der Waals surface area contributed by atoms with Crippen molar-refractivity contribution in [3.05, 3.63) is 11.4 Å². The molecule has 0 amide bonds. The highest BCUT2D eigenvalue weighted by atomic mass is 19.4. The third-order valence-electron chi connectivity index (χ3n) is 1.78. The Morgan fingerprint density at radius 1 is 1.44 bits per heavy atom. The van der Waals surface area contributed by atoms with Crippen molar-refractivity contribution < 1.29 is 31.5 Å². The first kappa shape index (κ1) is 14.3. The number of alkyl halides is 5. The molecule has 5 nitrogen and oxygen atoms in total. The zero-order valence-electron chi connectivity index (χ0n) is 9.04. The molecule has 1 aromatic heterocycles. The summed E-state index contributed by atoms with van der Waals surface area (Å²) in [4.78, 5) is 11.2. The Bertz CT molecular complexity index is 429. The predicted molar refractivity (Wildman–Crippen MR) is 47.0 cm³/mol. The van der Waals surface area contributed by atoms with Gasteiger partial charge in [0.1, 0.15) is 6.54 Å². The van der Waals surface area contributed by atoms with E-state index in [4.69, 9.17) is 0 Å². The summed E-state index contributed by atoms with van der Waals surface area (Å²) in [5.41, 5.74) is -2.76. The third kappa shape index (κ3) is 3.14. The molecule has 0 aromatic carbocycles. The van der Waals surface area contributed by atoms with E-state index in [1.165, 1.54) is 6.92 Å². The van der Waals surface area contributed by atoms with Gasteiger partial charge in [-0.3, -0.25) is 0 Å². The molecule has 1 heterocycles. The van der Waals surface area contributed by atoms with Crippen LogP contribution in [0.2, 0.25) is 0 Å². The molecule has 18 heavy (non-hydrogen) atoms. The average molecular weight is 273 g/mol. The lowest BCUT2D eigenvalue weighted by Gasteiger charge is -2.10. The summed E-state index contributed by atoms with van der Waals surface area (Å²) >= 11 is 0. The van der Waals surface area contributed by atoms with E-state index in [1.54, 1.807) is 0 Å². The van der Waals surface area contributed by atoms with Gasteiger partial charge in [0.15, 0.2) is 5.69 Å². The molecule has 0 saturated carbocycles. The van der Waals surface area contributed by atoms with Gasteiger partial charge < -0.3 is 4.74 Å². The van der Waals surface area contributed by atoms with E-state index >= 15 is 0 Å². The minimum Gasteiger partial charge on any atom is -0.461 e. The number of carbonyl (C=O) groups is 1. The second-order valence-corrected chi connectivity index (χ2v) is 3.08. The van der Waals surface area contributed by atoms with Crippen LogP contribution >= 0.6 is 0 Å². The SMILES string of the molecule is CCOC(=O)c1nnn(CC(F)F)c1C(F)(F)F. The van der Waals surface area contributed by atoms with Crippen LogP contribution in [-0.4, -0.2) is 34.0 Å². The zero-order valence-corrected chi connectivity index (χ0v) is 9.04. The number of aromatic nitrogens is 3. The van der Waals surface area contributed by atoms with Crippen molar-refractivity contribution >= 4 is 5.97 Å². The largest absolute Gasteiger partial charge is 0.461 e. The molecule has 102 valence electrons. The smallest absolute Gasteiger partial charge is 0.435 e. The van der Waals surface area contributed by atoms with Crippen molar-refractivity contribution in [1.82, 2.24) is 15.0 Å². The summed E-state index contributed by atoms with van der Waals surface area (Å²) in [5.74, 6) is -1.36. The van der Waals surface area contributed by atoms with E-state index < -0.39 is 36.5 Å². The van der Waals surface area contributed by atoms with Crippen LogP contribution in [-0.2, 0) is 17.5 Å². The number of ether oxygens (including phenoxy) is 1. The fourth-order valence-corrected chi connectivity index (χ4v) is 1.19. The highest BCUT2D eigenvalue weighted by Gasteiger charge is 2.42. The van der Waals surface area contributed by atoms with Crippen molar-refractivity contribution in [2.75, 3.05) is 6.61 Å². The molecule has 0 aliphatic rings. The van der Waals surface area contributed by atoms with E-state index in [-0.39, 0.29) is 11.3 Å². The Labute approximate surface area is 97.5 Å². The molecule has 0 fully saturated rings. The molecule has 1 aromatic rings. The van der Waals surface area contributed by atoms with Crippen molar-refractivity contribution in [2.24, 2.45) is 0 Å². The molecule has 0 bridgehead atoms. The second kappa shape index (κ2) is 5.27. The molecule has 1 rings (SSSR count). The molecular weight excluding hydrogens is 265 g/mol. The van der Waals surface area contributed by atoms with Gasteiger partial charge in [0.2, 0.25) is 5.69 Å². The Hall–Kier alpha value is -1.74. The van der Waals surface area contributed by atoms with Crippen LogP contribution in [0, 0.1) is 0 Å². The van der Waals surface area contributed by atoms with Crippen LogP contribution < -0.4 is 0 Å². The first-order chi connectivity index (χ1) is 8.27. The predicted octanol–water partition coefficient (Wildman–Crippen LogP) is 1.74. The molecule has 0 aliphatic carbocycles. The van der Waals surface area contributed by atoms with Crippen LogP contribution in [0.15, 0.2) is 0 Å². The van der Waals surface area contributed by atoms with Gasteiger partial charge in [0.25, 0.3) is 6.43 Å². The number of halogens is 5. The first-order valence-electron chi connectivity index (χ1n) is 4.73. The Morgan fingerprint density at radius 3 is 2.50 bits per heavy atom. The lowest BCUT2D eigenvalue weighted by atomic mass is 10.3. The molecule has 0 spiro atoms. The average Bonchev–Trinajstić information content (AvgIpc) is 2.60. The standard InChI is InChI=1S/C8H8F5N3O2/c1-2-18-7(17)5-6(8(11,12)13)16(15-14-5)3-4(9)10/h4H,2-3H2,1H3. The normalized spacial score (nSPS) is 11.9. The number of nitrogens with zero attached hydrogens (tertiary/aromatic N) is 3. The number of carbonyl (C=O) groups excluding carboxylic acids is 1. The van der Waals surface area contributed by atoms with Crippen LogP contribution in [0.3, 0.4) is 0 Å². The van der Waals surface area contributed by atoms with Gasteiger partial charge >= 0.3 is 12.1 Å². The molecule has 0 atom stereocenters. The molecule has 0 radical (unpaired) electrons. The van der Waals surface area contributed by atoms with Gasteiger partial charge in [-0.15, -0.1) is 5.10 Å². The van der Waals surface area contributed by atoms with Gasteiger partial charge in [0.05, 0.1) is 6.61 Å². The van der Waals surface area contributed by atoms with E-state index in [2.05, 4.69) is 15.0 Å². The topological polar surface area (TPSA) is 57.0 Å². The maximum atomic E-state index is 12.6. The van der Waals surface area contributed by atoms with Crippen molar-refractivity contribution in [1.29, 1.82) is 0 Å². The van der Waals surface area contributed by atoms with Gasteiger partial charge in [0, 0.05) is 0 Å². The zero-order chi connectivity index (χ0) is 13.9. The number of hydrogen-bond acceptors (Lipinski definition) is 4. The summed E-state index contributed by atoms with van der Waals surface area (Å²) < 4.78 is 66.4. The highest BCUT2D eigenvalue weighted by molar-refractivity contribution is 5.88. The lowest BCUT2D eigenvalue weighted by molar-refractivity contribution is -0.145. The van der Waals surface area contributed by atoms with E-state index in [1.807, 2.05) is 0 Å². The lowest BCUT2D eigenvalue weighted by Crippen LogP contribution is -2.21. The Kier molecular flexibility index (Phi) is 4.19. The summed E-state index contributed by atoms with van der Waals surface area (Å²) in [6.07, 6.45) is -8.08. The first-order valence-corrected chi connectivity index (χ1v) is 4.73. The second-order valence-electron chi connectivity index (χ2n) is 3.08. The van der Waals surface area contributed by atoms with Gasteiger partial charge in [-0.25, -0.2) is 18.3 Å². The van der Waals surface area contributed by atoms with Crippen LogP contribution in [0.25, 0.3) is 0 Å². The monoisotopic (exact) mass is 273 g/mol. The quantitative estimate of drug-likeness (QED) is 0.619. The van der Waals surface area contributed by atoms with Crippen LogP contribution in [0.1, 0.15) is 23.1 Å². The summed E-state index contributed by atoms with van der Waals surface area (Å²) in [5, 5.41) is 5.83. The Morgan fingerprint density at radius 2 is 2.06 bits per heavy atom. The fourth-order valence-electron chi connectivity index (χ4n) is 1.19. The molecule has 0 unspecified atom stereocenters. The number of esters is 1. The van der Waals surface area contributed by atoms with Gasteiger partial charge in [-0.05, 0) is 6.92 Å². The molecule has 10 heteroatoms. The van der Waals surface area contributed by atoms with E-state index in [0.717, 1.165) is 0 Å². The number of hydrogen-bond donors (Lipinski definition) is 0. The number of rotatable bonds is 4. The fraction of sp³-hybridized carbons (Fsp3) is 0.625. The van der Waals surface area contributed by atoms with Crippen LogP contribution in [0.5, 0.6) is 0 Å². The van der Waals surface area contributed by atoms with Gasteiger partial charge in [-0.1, -0.05) is 5.21 Å². The minimum atomic E-state index is -5.03. The molecule has 0 N–H and O–H groups in total. The third-order valence-corrected chi connectivity index (χ3v) is 1.78. The minimum absolute atomic E-state index is 0.0586. The van der Waals surface area contributed by atoms with E-state index in [9.17, 15) is 26.7 Å².